The maximum atomic E-state index is 12.5. The van der Waals surface area contributed by atoms with Crippen molar-refractivity contribution in [3.8, 4) is 0 Å². The summed E-state index contributed by atoms with van der Waals surface area (Å²) in [5, 5.41) is 29.7. The molecule has 0 unspecified atom stereocenters. The molecule has 4 atom stereocenters. The second kappa shape index (κ2) is 4.35. The highest BCUT2D eigenvalue weighted by Crippen LogP contribution is 2.33. The van der Waals surface area contributed by atoms with Crippen LogP contribution in [0.2, 0.25) is 0 Å². The molecule has 0 aliphatic carbocycles. The number of aliphatic hydroxyl groups excluding tert-OH is 1. The standard InChI is InChI=1S/C8H10FN3O5/c9-1-4-5(13)6(14)7(17-4)3-2-10-8(11-3)12(15)16/h2,4-7,13-14H,1H2,(H,10,11)/t4-,5-,6+,7+/m1/s1/i6D. The van der Waals surface area contributed by atoms with Gasteiger partial charge in [-0.15, -0.1) is 0 Å². The van der Waals surface area contributed by atoms with Gasteiger partial charge >= 0.3 is 5.95 Å². The van der Waals surface area contributed by atoms with E-state index >= 15 is 0 Å². The SMILES string of the molecule is [2H][C@]1(O)[C@H](O)[C@@H](CF)O[C@H]1c1cnc([N+](=O)[O-])[nH]1. The largest absolute Gasteiger partial charge is 0.432 e. The average molecular weight is 248 g/mol. The molecule has 1 aliphatic heterocycles. The Morgan fingerprint density at radius 2 is 2.47 bits per heavy atom. The molecule has 1 aromatic heterocycles. The topological polar surface area (TPSA) is 122 Å². The van der Waals surface area contributed by atoms with E-state index in [0.717, 1.165) is 6.20 Å². The quantitative estimate of drug-likeness (QED) is 0.487. The van der Waals surface area contributed by atoms with E-state index in [1.807, 2.05) is 0 Å². The first-order valence-electron chi connectivity index (χ1n) is 5.19. The van der Waals surface area contributed by atoms with Gasteiger partial charge in [0.15, 0.2) is 0 Å². The van der Waals surface area contributed by atoms with Crippen molar-refractivity contribution in [3.63, 3.8) is 0 Å². The Balaban J connectivity index is 2.29. The molecule has 8 nitrogen and oxygen atoms in total. The summed E-state index contributed by atoms with van der Waals surface area (Å²) in [5.41, 5.74) is -0.0748. The Kier molecular flexibility index (Phi) is 2.71. The van der Waals surface area contributed by atoms with Gasteiger partial charge in [0, 0.05) is 0 Å². The third-order valence-corrected chi connectivity index (χ3v) is 2.42. The molecule has 0 bridgehead atoms. The van der Waals surface area contributed by atoms with Crippen molar-refractivity contribution < 1.29 is 25.6 Å². The van der Waals surface area contributed by atoms with Crippen LogP contribution in [0.3, 0.4) is 0 Å². The van der Waals surface area contributed by atoms with E-state index in [1.165, 1.54) is 0 Å². The maximum Gasteiger partial charge on any atom is 0.432 e. The van der Waals surface area contributed by atoms with E-state index in [9.17, 15) is 24.7 Å². The molecule has 2 rings (SSSR count). The molecule has 9 heteroatoms. The fraction of sp³-hybridized carbons (Fsp3) is 0.625. The summed E-state index contributed by atoms with van der Waals surface area (Å²) < 4.78 is 25.0. The van der Waals surface area contributed by atoms with Crippen LogP contribution in [0, 0.1) is 10.1 Å². The third-order valence-electron chi connectivity index (χ3n) is 2.42. The number of H-pyrrole nitrogens is 1. The first-order valence-corrected chi connectivity index (χ1v) is 4.69. The van der Waals surface area contributed by atoms with Gasteiger partial charge in [-0.3, -0.25) is 0 Å². The van der Waals surface area contributed by atoms with Crippen LogP contribution in [0.4, 0.5) is 10.3 Å². The summed E-state index contributed by atoms with van der Waals surface area (Å²) in [6.07, 6.45) is -6.06. The number of ether oxygens (including phenoxy) is 1. The number of nitro groups is 1. The monoisotopic (exact) mass is 248 g/mol. The van der Waals surface area contributed by atoms with E-state index in [2.05, 4.69) is 9.97 Å². The van der Waals surface area contributed by atoms with Crippen LogP contribution in [-0.2, 0) is 4.74 Å². The minimum absolute atomic E-state index is 0.0748. The van der Waals surface area contributed by atoms with Gasteiger partial charge in [-0.2, -0.15) is 0 Å². The summed E-state index contributed by atoms with van der Waals surface area (Å²) in [5.74, 6) is -0.595. The van der Waals surface area contributed by atoms with Gasteiger partial charge in [-0.25, -0.2) is 9.37 Å². The number of nitrogens with one attached hydrogen (secondary N) is 1. The predicted molar refractivity (Wildman–Crippen MR) is 50.8 cm³/mol. The molecule has 17 heavy (non-hydrogen) atoms. The number of aliphatic hydroxyl groups is 2. The molecule has 0 aromatic carbocycles. The smallest absolute Gasteiger partial charge is 0.390 e. The summed E-state index contributed by atoms with van der Waals surface area (Å²) in [7, 11) is 0. The molecule has 1 aliphatic rings. The lowest BCUT2D eigenvalue weighted by Gasteiger charge is -2.10. The number of rotatable bonds is 3. The second-order valence-corrected chi connectivity index (χ2v) is 3.50. The fourth-order valence-corrected chi connectivity index (χ4v) is 1.57. The van der Waals surface area contributed by atoms with E-state index in [0.29, 0.717) is 0 Å². The molecule has 1 fully saturated rings. The van der Waals surface area contributed by atoms with E-state index < -0.39 is 41.9 Å². The minimum atomic E-state index is -2.50. The first-order chi connectivity index (χ1) is 8.37. The van der Waals surface area contributed by atoms with Crippen LogP contribution in [0.15, 0.2) is 6.20 Å². The Labute approximate surface area is 95.6 Å². The lowest BCUT2D eigenvalue weighted by molar-refractivity contribution is -0.393. The van der Waals surface area contributed by atoms with Gasteiger partial charge < -0.3 is 25.1 Å². The van der Waals surface area contributed by atoms with Gasteiger partial charge in [0.25, 0.3) is 0 Å². The Hall–Kier alpha value is -1.58. The number of imidazole rings is 1. The van der Waals surface area contributed by atoms with Gasteiger partial charge in [0.05, 0.1) is 1.37 Å². The first kappa shape index (κ1) is 10.6. The molecule has 2 heterocycles. The van der Waals surface area contributed by atoms with Crippen molar-refractivity contribution in [2.75, 3.05) is 6.67 Å². The highest BCUT2D eigenvalue weighted by Gasteiger charge is 2.45. The second-order valence-electron chi connectivity index (χ2n) is 3.50. The Bertz CT molecular complexity index is 467. The number of hydrogen-bond donors (Lipinski definition) is 3. The van der Waals surface area contributed by atoms with Crippen molar-refractivity contribution in [1.29, 1.82) is 0 Å². The lowest BCUT2D eigenvalue weighted by Crippen LogP contribution is -2.31. The van der Waals surface area contributed by atoms with Gasteiger partial charge in [-0.05, 0) is 4.92 Å². The maximum absolute atomic E-state index is 12.5. The molecule has 1 aromatic rings. The zero-order valence-corrected chi connectivity index (χ0v) is 8.41. The summed E-state index contributed by atoms with van der Waals surface area (Å²) >= 11 is 0. The van der Waals surface area contributed by atoms with Crippen molar-refractivity contribution in [2.45, 2.75) is 24.4 Å². The number of nitrogens with zero attached hydrogens (tertiary/aromatic N) is 2. The van der Waals surface area contributed by atoms with Crippen molar-refractivity contribution in [1.82, 2.24) is 9.97 Å². The molecule has 0 spiro atoms. The van der Waals surface area contributed by atoms with Gasteiger partial charge in [0.1, 0.15) is 43.0 Å². The number of aromatic nitrogens is 2. The van der Waals surface area contributed by atoms with Gasteiger partial charge in [-0.1, -0.05) is 4.98 Å². The molecule has 1 saturated heterocycles. The number of halogens is 1. The summed E-state index contributed by atoms with van der Waals surface area (Å²) in [6.45, 7) is -1.09. The van der Waals surface area contributed by atoms with Crippen LogP contribution in [0.25, 0.3) is 0 Å². The van der Waals surface area contributed by atoms with Crippen LogP contribution in [-0.4, -0.2) is 50.1 Å². The number of alkyl halides is 1. The highest BCUT2D eigenvalue weighted by molar-refractivity contribution is 5.16. The third kappa shape index (κ3) is 1.99. The highest BCUT2D eigenvalue weighted by atomic mass is 19.1. The molecular weight excluding hydrogens is 237 g/mol. The Morgan fingerprint density at radius 3 is 2.94 bits per heavy atom. The molecule has 0 radical (unpaired) electrons. The fourth-order valence-electron chi connectivity index (χ4n) is 1.57. The number of hydrogen-bond acceptors (Lipinski definition) is 6. The summed E-state index contributed by atoms with van der Waals surface area (Å²) in [6, 6.07) is 0. The predicted octanol–water partition coefficient (Wildman–Crippen LogP) is -0.551. The average Bonchev–Trinajstić information content (AvgIpc) is 2.85. The molecule has 0 saturated carbocycles. The number of aromatic amines is 1. The van der Waals surface area contributed by atoms with Gasteiger partial charge in [0.2, 0.25) is 0 Å². The zero-order chi connectivity index (χ0) is 13.5. The van der Waals surface area contributed by atoms with Crippen molar-refractivity contribution in [3.05, 3.63) is 22.0 Å². The van der Waals surface area contributed by atoms with E-state index in [4.69, 9.17) is 6.11 Å². The van der Waals surface area contributed by atoms with Crippen LogP contribution in [0.5, 0.6) is 0 Å². The molecule has 0 amide bonds. The van der Waals surface area contributed by atoms with Crippen LogP contribution >= 0.6 is 0 Å². The molecule has 3 N–H and O–H groups in total. The van der Waals surface area contributed by atoms with E-state index in [1.54, 1.807) is 0 Å². The van der Waals surface area contributed by atoms with E-state index in [-0.39, 0.29) is 5.69 Å². The zero-order valence-electron chi connectivity index (χ0n) is 9.41. The van der Waals surface area contributed by atoms with Crippen LogP contribution in [0.1, 0.15) is 13.2 Å². The minimum Gasteiger partial charge on any atom is -0.390 e. The normalized spacial score (nSPS) is 38.1. The van der Waals surface area contributed by atoms with Crippen molar-refractivity contribution in [2.24, 2.45) is 0 Å². The molecular formula is C8H10FN3O5. The summed E-state index contributed by atoms with van der Waals surface area (Å²) in [4.78, 5) is 15.3. The van der Waals surface area contributed by atoms with Crippen molar-refractivity contribution >= 4 is 5.95 Å². The Morgan fingerprint density at radius 1 is 1.76 bits per heavy atom. The van der Waals surface area contributed by atoms with Crippen LogP contribution < -0.4 is 0 Å². The lowest BCUT2D eigenvalue weighted by atomic mass is 10.1. The molecule has 94 valence electrons.